The van der Waals surface area contributed by atoms with Crippen LogP contribution in [0.15, 0.2) is 36.7 Å². The lowest BCUT2D eigenvalue weighted by Gasteiger charge is -2.29. The number of halogens is 1. The van der Waals surface area contributed by atoms with Crippen molar-refractivity contribution in [1.82, 2.24) is 9.78 Å². The van der Waals surface area contributed by atoms with E-state index in [1.807, 2.05) is 18.2 Å². The second-order valence-electron chi connectivity index (χ2n) is 5.22. The first-order valence-corrected chi connectivity index (χ1v) is 8.53. The Kier molecular flexibility index (Phi) is 4.42. The topological polar surface area (TPSA) is 67.2 Å². The summed E-state index contributed by atoms with van der Waals surface area (Å²) in [6.45, 7) is 0. The number of para-hydroxylation sites is 1. The molecule has 0 aliphatic carbocycles. The van der Waals surface area contributed by atoms with Crippen LogP contribution in [0, 0.1) is 0 Å². The molecule has 2 N–H and O–H groups in total. The number of carbonyl (C=O) groups excluding carboxylic acids is 1. The summed E-state index contributed by atoms with van der Waals surface area (Å²) in [4.78, 5) is 12.3. The van der Waals surface area contributed by atoms with Gasteiger partial charge in [0.25, 0.3) is 5.91 Å². The number of aromatic nitrogens is 2. The lowest BCUT2D eigenvalue weighted by Crippen LogP contribution is -2.45. The van der Waals surface area contributed by atoms with Gasteiger partial charge in [-0.25, -0.2) is 4.68 Å². The van der Waals surface area contributed by atoms with Crippen LogP contribution in [0.4, 0.5) is 5.69 Å². The summed E-state index contributed by atoms with van der Waals surface area (Å²) in [7, 11) is 0. The fourth-order valence-corrected chi connectivity index (χ4v) is 3.73. The van der Waals surface area contributed by atoms with E-state index < -0.39 is 5.60 Å². The number of nitrogens with zero attached hydrogens (tertiary/aromatic N) is 2. The number of aliphatic hydroxyl groups is 1. The van der Waals surface area contributed by atoms with Crippen molar-refractivity contribution in [2.45, 2.75) is 18.4 Å². The SMILES string of the molecule is O=C(Nc1cnn(-c2ccccc2Cl)c1)C1(O)CCSCC1. The van der Waals surface area contributed by atoms with E-state index in [-0.39, 0.29) is 5.91 Å². The minimum absolute atomic E-state index is 0.369. The van der Waals surface area contributed by atoms with Gasteiger partial charge in [0.05, 0.1) is 28.8 Å². The van der Waals surface area contributed by atoms with Crippen LogP contribution < -0.4 is 5.32 Å². The molecular formula is C15H16ClN3O2S. The van der Waals surface area contributed by atoms with E-state index >= 15 is 0 Å². The van der Waals surface area contributed by atoms with Gasteiger partial charge in [-0.15, -0.1) is 0 Å². The van der Waals surface area contributed by atoms with Gasteiger partial charge in [-0.2, -0.15) is 16.9 Å². The summed E-state index contributed by atoms with van der Waals surface area (Å²) >= 11 is 7.88. The predicted octanol–water partition coefficient (Wildman–Crippen LogP) is 2.72. The van der Waals surface area contributed by atoms with Crippen LogP contribution in [0.5, 0.6) is 0 Å². The lowest BCUT2D eigenvalue weighted by atomic mass is 9.96. The molecule has 0 radical (unpaired) electrons. The molecular weight excluding hydrogens is 322 g/mol. The number of amides is 1. The van der Waals surface area contributed by atoms with Crippen LogP contribution in [-0.2, 0) is 4.79 Å². The van der Waals surface area contributed by atoms with Crippen LogP contribution in [0.2, 0.25) is 5.02 Å². The van der Waals surface area contributed by atoms with Crippen molar-refractivity contribution in [3.05, 3.63) is 41.7 Å². The zero-order valence-electron chi connectivity index (χ0n) is 11.8. The van der Waals surface area contributed by atoms with Gasteiger partial charge in [-0.1, -0.05) is 23.7 Å². The highest BCUT2D eigenvalue weighted by Crippen LogP contribution is 2.28. The average molecular weight is 338 g/mol. The maximum atomic E-state index is 12.3. The summed E-state index contributed by atoms with van der Waals surface area (Å²) < 4.78 is 1.60. The highest BCUT2D eigenvalue weighted by Gasteiger charge is 2.37. The predicted molar refractivity (Wildman–Crippen MR) is 88.7 cm³/mol. The molecule has 1 fully saturated rings. The average Bonchev–Trinajstić information content (AvgIpc) is 2.97. The van der Waals surface area contributed by atoms with Crippen molar-refractivity contribution >= 4 is 35.0 Å². The molecule has 1 aromatic heterocycles. The highest BCUT2D eigenvalue weighted by molar-refractivity contribution is 7.99. The molecule has 1 aromatic carbocycles. The Morgan fingerprint density at radius 3 is 2.82 bits per heavy atom. The van der Waals surface area contributed by atoms with Crippen LogP contribution in [-0.4, -0.2) is 37.9 Å². The van der Waals surface area contributed by atoms with Gasteiger partial charge in [0.15, 0.2) is 0 Å². The minimum Gasteiger partial charge on any atom is -0.380 e. The van der Waals surface area contributed by atoms with Gasteiger partial charge < -0.3 is 10.4 Å². The number of carbonyl (C=O) groups is 1. The molecule has 2 aromatic rings. The number of nitrogens with one attached hydrogen (secondary N) is 1. The minimum atomic E-state index is -1.28. The quantitative estimate of drug-likeness (QED) is 0.903. The van der Waals surface area contributed by atoms with E-state index in [4.69, 9.17) is 11.6 Å². The number of thioether (sulfide) groups is 1. The van der Waals surface area contributed by atoms with Crippen LogP contribution in [0.3, 0.4) is 0 Å². The molecule has 22 heavy (non-hydrogen) atoms. The van der Waals surface area contributed by atoms with Crippen LogP contribution in [0.1, 0.15) is 12.8 Å². The van der Waals surface area contributed by atoms with Crippen molar-refractivity contribution in [3.8, 4) is 5.69 Å². The number of hydrogen-bond acceptors (Lipinski definition) is 4. The maximum Gasteiger partial charge on any atom is 0.256 e. The van der Waals surface area contributed by atoms with E-state index in [9.17, 15) is 9.90 Å². The largest absolute Gasteiger partial charge is 0.380 e. The third kappa shape index (κ3) is 3.14. The van der Waals surface area contributed by atoms with Gasteiger partial charge in [0.1, 0.15) is 5.60 Å². The first kappa shape index (κ1) is 15.4. The van der Waals surface area contributed by atoms with Crippen molar-refractivity contribution in [2.24, 2.45) is 0 Å². The lowest BCUT2D eigenvalue weighted by molar-refractivity contribution is -0.134. The molecule has 1 aliphatic heterocycles. The van der Waals surface area contributed by atoms with E-state index in [0.29, 0.717) is 23.6 Å². The third-order valence-electron chi connectivity index (χ3n) is 3.68. The molecule has 0 saturated carbocycles. The number of hydrogen-bond donors (Lipinski definition) is 2. The van der Waals surface area contributed by atoms with E-state index in [0.717, 1.165) is 17.2 Å². The fraction of sp³-hybridized carbons (Fsp3) is 0.333. The number of rotatable bonds is 3. The summed E-state index contributed by atoms with van der Waals surface area (Å²) in [5.41, 5.74) is -0.00778. The Morgan fingerprint density at radius 1 is 1.36 bits per heavy atom. The third-order valence-corrected chi connectivity index (χ3v) is 4.99. The molecule has 1 saturated heterocycles. The maximum absolute atomic E-state index is 12.3. The van der Waals surface area contributed by atoms with Crippen LogP contribution in [0.25, 0.3) is 5.69 Å². The monoisotopic (exact) mass is 337 g/mol. The molecule has 0 atom stereocenters. The Balaban J connectivity index is 1.74. The number of benzene rings is 1. The Bertz CT molecular complexity index is 683. The van der Waals surface area contributed by atoms with Gasteiger partial charge in [-0.3, -0.25) is 4.79 Å². The summed E-state index contributed by atoms with van der Waals surface area (Å²) in [5, 5.41) is 17.9. The Labute approximate surface area is 137 Å². The van der Waals surface area contributed by atoms with Crippen LogP contribution >= 0.6 is 23.4 Å². The highest BCUT2D eigenvalue weighted by atomic mass is 35.5. The second-order valence-corrected chi connectivity index (χ2v) is 6.86. The smallest absolute Gasteiger partial charge is 0.256 e. The van der Waals surface area contributed by atoms with E-state index in [2.05, 4.69) is 10.4 Å². The first-order chi connectivity index (χ1) is 10.6. The van der Waals surface area contributed by atoms with E-state index in [1.165, 1.54) is 0 Å². The first-order valence-electron chi connectivity index (χ1n) is 7.00. The molecule has 5 nitrogen and oxygen atoms in total. The zero-order valence-corrected chi connectivity index (χ0v) is 13.4. The summed E-state index contributed by atoms with van der Waals surface area (Å²) in [5.74, 6) is 1.22. The Hall–Kier alpha value is -1.50. The standard InChI is InChI=1S/C15H16ClN3O2S/c16-12-3-1-2-4-13(12)19-10-11(9-17-19)18-14(20)15(21)5-7-22-8-6-15/h1-4,9-10,21H,5-8H2,(H,18,20). The molecule has 1 amide bonds. The van der Waals surface area contributed by atoms with Gasteiger partial charge in [0.2, 0.25) is 0 Å². The second kappa shape index (κ2) is 6.32. The summed E-state index contributed by atoms with van der Waals surface area (Å²) in [6.07, 6.45) is 4.17. The summed E-state index contributed by atoms with van der Waals surface area (Å²) in [6, 6.07) is 7.32. The van der Waals surface area contributed by atoms with E-state index in [1.54, 1.807) is 34.9 Å². The normalized spacial score (nSPS) is 17.2. The molecule has 0 spiro atoms. The van der Waals surface area contributed by atoms with Crippen molar-refractivity contribution in [1.29, 1.82) is 0 Å². The van der Waals surface area contributed by atoms with Gasteiger partial charge in [0, 0.05) is 0 Å². The van der Waals surface area contributed by atoms with Crippen molar-refractivity contribution in [3.63, 3.8) is 0 Å². The van der Waals surface area contributed by atoms with Gasteiger partial charge in [-0.05, 0) is 36.5 Å². The van der Waals surface area contributed by atoms with Crippen molar-refractivity contribution < 1.29 is 9.90 Å². The van der Waals surface area contributed by atoms with Crippen molar-refractivity contribution in [2.75, 3.05) is 16.8 Å². The fourth-order valence-electron chi connectivity index (χ4n) is 2.34. The number of anilines is 1. The Morgan fingerprint density at radius 2 is 2.09 bits per heavy atom. The molecule has 0 bridgehead atoms. The molecule has 3 rings (SSSR count). The zero-order chi connectivity index (χ0) is 15.6. The molecule has 1 aliphatic rings. The molecule has 116 valence electrons. The molecule has 7 heteroatoms. The van der Waals surface area contributed by atoms with Gasteiger partial charge >= 0.3 is 0 Å². The molecule has 0 unspecified atom stereocenters. The molecule has 2 heterocycles.